The first-order chi connectivity index (χ1) is 12.2. The number of hydrogen-bond acceptors (Lipinski definition) is 6. The zero-order valence-corrected chi connectivity index (χ0v) is 15.3. The van der Waals surface area contributed by atoms with Crippen LogP contribution in [0.15, 0.2) is 24.4 Å². The van der Waals surface area contributed by atoms with Gasteiger partial charge >= 0.3 is 0 Å². The molecule has 0 spiro atoms. The summed E-state index contributed by atoms with van der Waals surface area (Å²) in [5, 5.41) is 8.34. The molecule has 0 aliphatic carbocycles. The fourth-order valence-electron chi connectivity index (χ4n) is 2.01. The zero-order chi connectivity index (χ0) is 17.9. The van der Waals surface area contributed by atoms with Gasteiger partial charge in [-0.25, -0.2) is 0 Å². The van der Waals surface area contributed by atoms with Gasteiger partial charge in [-0.3, -0.25) is 4.98 Å². The molecule has 0 atom stereocenters. The van der Waals surface area contributed by atoms with Crippen LogP contribution in [-0.2, 0) is 6.61 Å². The van der Waals surface area contributed by atoms with Crippen LogP contribution in [0.25, 0.3) is 0 Å². The smallest absolute Gasteiger partial charge is 0.276 e. The van der Waals surface area contributed by atoms with E-state index >= 15 is 0 Å². The monoisotopic (exact) mass is 345 g/mol. The maximum absolute atomic E-state index is 5.82. The summed E-state index contributed by atoms with van der Waals surface area (Å²) < 4.78 is 17.2. The Morgan fingerprint density at radius 3 is 2.36 bits per heavy atom. The number of unbranched alkanes of at least 4 members (excludes halogenated alkanes) is 2. The third kappa shape index (κ3) is 6.57. The van der Waals surface area contributed by atoms with E-state index in [9.17, 15) is 0 Å². The molecule has 0 bridgehead atoms. The quantitative estimate of drug-likeness (QED) is 0.571. The lowest BCUT2D eigenvalue weighted by Gasteiger charge is -2.12. The van der Waals surface area contributed by atoms with E-state index < -0.39 is 0 Å². The van der Waals surface area contributed by atoms with Crippen LogP contribution < -0.4 is 14.2 Å². The maximum Gasteiger partial charge on any atom is 0.276 e. The van der Waals surface area contributed by atoms with Crippen molar-refractivity contribution in [3.05, 3.63) is 35.8 Å². The number of aromatic nitrogens is 3. The van der Waals surface area contributed by atoms with Crippen molar-refractivity contribution >= 4 is 0 Å². The van der Waals surface area contributed by atoms with Crippen LogP contribution in [0.5, 0.6) is 17.4 Å². The van der Waals surface area contributed by atoms with Crippen LogP contribution in [-0.4, -0.2) is 28.4 Å². The van der Waals surface area contributed by atoms with E-state index in [1.807, 2.05) is 25.1 Å². The highest BCUT2D eigenvalue weighted by Crippen LogP contribution is 2.25. The van der Waals surface area contributed by atoms with E-state index in [0.29, 0.717) is 42.9 Å². The first-order valence-corrected chi connectivity index (χ1v) is 8.90. The Morgan fingerprint density at radius 2 is 1.68 bits per heavy atom. The van der Waals surface area contributed by atoms with Gasteiger partial charge in [0.05, 0.1) is 19.4 Å². The fourth-order valence-corrected chi connectivity index (χ4v) is 2.01. The Labute approximate surface area is 149 Å². The van der Waals surface area contributed by atoms with Crippen LogP contribution >= 0.6 is 0 Å². The molecule has 0 radical (unpaired) electrons. The summed E-state index contributed by atoms with van der Waals surface area (Å²) in [6.07, 6.45) is 5.79. The Morgan fingerprint density at radius 1 is 0.920 bits per heavy atom. The van der Waals surface area contributed by atoms with E-state index in [1.54, 1.807) is 6.20 Å². The molecule has 0 unspecified atom stereocenters. The van der Waals surface area contributed by atoms with Crippen LogP contribution in [0.4, 0.5) is 0 Å². The first kappa shape index (κ1) is 19.0. The van der Waals surface area contributed by atoms with Gasteiger partial charge in [-0.05, 0) is 31.9 Å². The Hall–Kier alpha value is -2.37. The van der Waals surface area contributed by atoms with Gasteiger partial charge in [0.2, 0.25) is 0 Å². The first-order valence-electron chi connectivity index (χ1n) is 8.90. The van der Waals surface area contributed by atoms with Gasteiger partial charge in [-0.1, -0.05) is 26.7 Å². The molecule has 0 saturated heterocycles. The standard InChI is InChI=1S/C19H27N3O3/c1-4-6-10-23-18-12-16(21-22-19(18)24-11-7-5-2)14-25-17-9-8-15(3)20-13-17/h8-9,12-13H,4-7,10-11,14H2,1-3H3. The molecule has 6 heteroatoms. The van der Waals surface area contributed by atoms with Crippen LogP contribution in [0, 0.1) is 6.92 Å². The van der Waals surface area contributed by atoms with Gasteiger partial charge < -0.3 is 14.2 Å². The minimum atomic E-state index is 0.303. The minimum Gasteiger partial charge on any atom is -0.488 e. The van der Waals surface area contributed by atoms with E-state index in [-0.39, 0.29) is 0 Å². The number of aryl methyl sites for hydroxylation is 1. The Kier molecular flexibility index (Phi) is 7.95. The molecule has 25 heavy (non-hydrogen) atoms. The van der Waals surface area contributed by atoms with E-state index in [1.165, 1.54) is 0 Å². The summed E-state index contributed by atoms with van der Waals surface area (Å²) in [6.45, 7) is 7.73. The van der Waals surface area contributed by atoms with Crippen molar-refractivity contribution < 1.29 is 14.2 Å². The molecule has 0 aliphatic heterocycles. The molecule has 2 heterocycles. The van der Waals surface area contributed by atoms with E-state index in [2.05, 4.69) is 29.0 Å². The second kappa shape index (κ2) is 10.5. The third-order valence-electron chi connectivity index (χ3n) is 3.54. The van der Waals surface area contributed by atoms with Crippen LogP contribution in [0.2, 0.25) is 0 Å². The van der Waals surface area contributed by atoms with E-state index in [0.717, 1.165) is 31.4 Å². The summed E-state index contributed by atoms with van der Waals surface area (Å²) in [6, 6.07) is 5.63. The normalized spacial score (nSPS) is 10.5. The average Bonchev–Trinajstić information content (AvgIpc) is 2.63. The second-order valence-electron chi connectivity index (χ2n) is 5.83. The predicted molar refractivity (Wildman–Crippen MR) is 96.1 cm³/mol. The summed E-state index contributed by atoms with van der Waals surface area (Å²) in [5.74, 6) is 1.77. The summed E-state index contributed by atoms with van der Waals surface area (Å²) in [7, 11) is 0. The lowest BCUT2D eigenvalue weighted by atomic mass is 10.3. The SMILES string of the molecule is CCCCOc1cc(COc2ccc(C)nc2)nnc1OCCCC. The average molecular weight is 345 g/mol. The third-order valence-corrected chi connectivity index (χ3v) is 3.54. The van der Waals surface area contributed by atoms with Crippen molar-refractivity contribution in [2.24, 2.45) is 0 Å². The van der Waals surface area contributed by atoms with Crippen molar-refractivity contribution in [1.82, 2.24) is 15.2 Å². The molecule has 2 rings (SSSR count). The highest BCUT2D eigenvalue weighted by molar-refractivity contribution is 5.33. The molecule has 2 aromatic rings. The van der Waals surface area contributed by atoms with Gasteiger partial charge in [0, 0.05) is 11.8 Å². The number of nitrogens with zero attached hydrogens (tertiary/aromatic N) is 3. The highest BCUT2D eigenvalue weighted by Gasteiger charge is 2.11. The summed E-state index contributed by atoms with van der Waals surface area (Å²) in [5.41, 5.74) is 1.64. The van der Waals surface area contributed by atoms with Gasteiger partial charge in [-0.2, -0.15) is 0 Å². The molecule has 0 aliphatic rings. The molecule has 6 nitrogen and oxygen atoms in total. The lowest BCUT2D eigenvalue weighted by Crippen LogP contribution is -2.07. The molecule has 0 N–H and O–H groups in total. The minimum absolute atomic E-state index is 0.303. The molecule has 2 aromatic heterocycles. The molecule has 136 valence electrons. The topological polar surface area (TPSA) is 66.4 Å². The molecule has 0 saturated carbocycles. The van der Waals surface area contributed by atoms with Crippen LogP contribution in [0.3, 0.4) is 0 Å². The number of rotatable bonds is 11. The largest absolute Gasteiger partial charge is 0.488 e. The molecule has 0 amide bonds. The number of ether oxygens (including phenoxy) is 3. The predicted octanol–water partition coefficient (Wildman–Crippen LogP) is 4.12. The zero-order valence-electron chi connectivity index (χ0n) is 15.3. The number of pyridine rings is 1. The van der Waals surface area contributed by atoms with Gasteiger partial charge in [-0.15, -0.1) is 10.2 Å². The lowest BCUT2D eigenvalue weighted by molar-refractivity contribution is 0.246. The van der Waals surface area contributed by atoms with Gasteiger partial charge in [0.25, 0.3) is 5.88 Å². The molecular weight excluding hydrogens is 318 g/mol. The second-order valence-corrected chi connectivity index (χ2v) is 5.83. The van der Waals surface area contributed by atoms with Crippen molar-refractivity contribution in [3.8, 4) is 17.4 Å². The van der Waals surface area contributed by atoms with Crippen molar-refractivity contribution in [1.29, 1.82) is 0 Å². The summed E-state index contributed by atoms with van der Waals surface area (Å²) in [4.78, 5) is 4.21. The maximum atomic E-state index is 5.82. The van der Waals surface area contributed by atoms with Crippen molar-refractivity contribution in [2.45, 2.75) is 53.1 Å². The van der Waals surface area contributed by atoms with Crippen molar-refractivity contribution in [2.75, 3.05) is 13.2 Å². The highest BCUT2D eigenvalue weighted by atomic mass is 16.5. The van der Waals surface area contributed by atoms with Gasteiger partial charge in [0.1, 0.15) is 18.1 Å². The molecule has 0 fully saturated rings. The Balaban J connectivity index is 2.01. The van der Waals surface area contributed by atoms with E-state index in [4.69, 9.17) is 14.2 Å². The Bertz CT molecular complexity index is 632. The molecular formula is C19H27N3O3. The summed E-state index contributed by atoms with van der Waals surface area (Å²) >= 11 is 0. The fraction of sp³-hybridized carbons (Fsp3) is 0.526. The van der Waals surface area contributed by atoms with Crippen molar-refractivity contribution in [3.63, 3.8) is 0 Å². The molecule has 0 aromatic carbocycles. The van der Waals surface area contributed by atoms with Crippen LogP contribution in [0.1, 0.15) is 50.9 Å². The number of hydrogen-bond donors (Lipinski definition) is 0. The van der Waals surface area contributed by atoms with Gasteiger partial charge in [0.15, 0.2) is 5.75 Å².